The minimum absolute atomic E-state index is 0.0143. The van der Waals surface area contributed by atoms with E-state index in [2.05, 4.69) is 0 Å². The monoisotopic (exact) mass is 174 g/mol. The van der Waals surface area contributed by atoms with E-state index in [0.717, 1.165) is 0 Å². The highest BCUT2D eigenvalue weighted by Crippen LogP contribution is 1.93. The average Bonchev–Trinajstić information content (AvgIpc) is 2.10. The van der Waals surface area contributed by atoms with Crippen LogP contribution in [0.25, 0.3) is 0 Å². The Bertz CT molecular complexity index is 123. The molecule has 0 fully saturated rings. The van der Waals surface area contributed by atoms with Gasteiger partial charge in [0.05, 0.1) is 12.7 Å². The van der Waals surface area contributed by atoms with Crippen molar-refractivity contribution in [3.8, 4) is 0 Å². The van der Waals surface area contributed by atoms with E-state index in [4.69, 9.17) is 9.47 Å². The van der Waals surface area contributed by atoms with Crippen LogP contribution in [0.1, 0.15) is 27.2 Å². The average molecular weight is 174 g/mol. The van der Waals surface area contributed by atoms with Gasteiger partial charge in [0.15, 0.2) is 5.78 Å². The van der Waals surface area contributed by atoms with Gasteiger partial charge in [-0.25, -0.2) is 0 Å². The molecule has 0 aliphatic rings. The van der Waals surface area contributed by atoms with Crippen LogP contribution in [0, 0.1) is 0 Å². The molecule has 0 aromatic heterocycles. The van der Waals surface area contributed by atoms with Gasteiger partial charge < -0.3 is 9.47 Å². The highest BCUT2D eigenvalue weighted by Gasteiger charge is 2.04. The third-order valence-corrected chi connectivity index (χ3v) is 1.48. The van der Waals surface area contributed by atoms with Crippen molar-refractivity contribution in [1.82, 2.24) is 0 Å². The summed E-state index contributed by atoms with van der Waals surface area (Å²) in [5.41, 5.74) is 0. The zero-order chi connectivity index (χ0) is 9.40. The van der Waals surface area contributed by atoms with Gasteiger partial charge in [-0.1, -0.05) is 6.92 Å². The Morgan fingerprint density at radius 2 is 2.08 bits per heavy atom. The molecule has 0 aliphatic heterocycles. The molecule has 0 saturated heterocycles. The number of ketones is 1. The predicted molar refractivity (Wildman–Crippen MR) is 47.2 cm³/mol. The number of Topliss-reactive ketones (excluding diaryl/α,β-unsaturated/α-hetero) is 1. The molecule has 0 amide bonds. The molecule has 0 aliphatic carbocycles. The summed E-state index contributed by atoms with van der Waals surface area (Å²) in [6.45, 7) is 7.13. The summed E-state index contributed by atoms with van der Waals surface area (Å²) in [6, 6.07) is 0. The van der Waals surface area contributed by atoms with Crippen LogP contribution in [0.3, 0.4) is 0 Å². The van der Waals surface area contributed by atoms with Gasteiger partial charge in [0.1, 0.15) is 6.61 Å². The summed E-state index contributed by atoms with van der Waals surface area (Å²) in [6.07, 6.45) is 0.557. The van der Waals surface area contributed by atoms with Crippen molar-refractivity contribution >= 4 is 5.78 Å². The van der Waals surface area contributed by atoms with Crippen molar-refractivity contribution in [2.24, 2.45) is 0 Å². The third-order valence-electron chi connectivity index (χ3n) is 1.48. The molecule has 1 unspecified atom stereocenters. The van der Waals surface area contributed by atoms with Gasteiger partial charge in [0.25, 0.3) is 0 Å². The Morgan fingerprint density at radius 1 is 1.42 bits per heavy atom. The molecule has 3 nitrogen and oxygen atoms in total. The van der Waals surface area contributed by atoms with Crippen molar-refractivity contribution in [2.75, 3.05) is 19.8 Å². The maximum absolute atomic E-state index is 10.8. The normalized spacial score (nSPS) is 12.9. The van der Waals surface area contributed by atoms with Gasteiger partial charge in [-0.15, -0.1) is 0 Å². The quantitative estimate of drug-likeness (QED) is 0.585. The van der Waals surface area contributed by atoms with Gasteiger partial charge >= 0.3 is 0 Å². The first-order valence-corrected chi connectivity index (χ1v) is 4.41. The second-order valence-electron chi connectivity index (χ2n) is 2.67. The molecule has 0 saturated carbocycles. The Kier molecular flexibility index (Phi) is 7.00. The van der Waals surface area contributed by atoms with Crippen LogP contribution >= 0.6 is 0 Å². The molecule has 0 heterocycles. The molecule has 0 spiro atoms. The number of rotatable bonds is 7. The fourth-order valence-electron chi connectivity index (χ4n) is 0.669. The molecule has 72 valence electrons. The molecule has 1 atom stereocenters. The SMILES string of the molecule is CCOCC(C)OCC(=O)CC. The number of carbonyl (C=O) groups is 1. The van der Waals surface area contributed by atoms with Gasteiger partial charge in [-0.2, -0.15) is 0 Å². The molecule has 3 heteroatoms. The lowest BCUT2D eigenvalue weighted by Crippen LogP contribution is -2.20. The number of carbonyl (C=O) groups excluding carboxylic acids is 1. The van der Waals surface area contributed by atoms with Crippen LogP contribution in [0.4, 0.5) is 0 Å². The highest BCUT2D eigenvalue weighted by molar-refractivity contribution is 5.79. The van der Waals surface area contributed by atoms with Gasteiger partial charge in [0.2, 0.25) is 0 Å². The van der Waals surface area contributed by atoms with E-state index in [1.54, 1.807) is 0 Å². The first-order valence-electron chi connectivity index (χ1n) is 4.41. The van der Waals surface area contributed by atoms with E-state index < -0.39 is 0 Å². The molecular formula is C9H18O3. The Labute approximate surface area is 74.0 Å². The van der Waals surface area contributed by atoms with E-state index in [-0.39, 0.29) is 18.5 Å². The second-order valence-corrected chi connectivity index (χ2v) is 2.67. The van der Waals surface area contributed by atoms with E-state index in [0.29, 0.717) is 19.6 Å². The third kappa shape index (κ3) is 6.31. The van der Waals surface area contributed by atoms with Crippen molar-refractivity contribution in [1.29, 1.82) is 0 Å². The Morgan fingerprint density at radius 3 is 2.58 bits per heavy atom. The molecule has 0 bridgehead atoms. The molecule has 0 rings (SSSR count). The summed E-state index contributed by atoms with van der Waals surface area (Å²) in [7, 11) is 0. The van der Waals surface area contributed by atoms with Crippen LogP contribution in [-0.2, 0) is 14.3 Å². The summed E-state index contributed by atoms with van der Waals surface area (Å²) in [5.74, 6) is 0.137. The van der Waals surface area contributed by atoms with E-state index >= 15 is 0 Å². The minimum Gasteiger partial charge on any atom is -0.379 e. The fourth-order valence-corrected chi connectivity index (χ4v) is 0.669. The van der Waals surface area contributed by atoms with Crippen LogP contribution in [0.5, 0.6) is 0 Å². The standard InChI is InChI=1S/C9H18O3/c1-4-9(10)7-12-8(3)6-11-5-2/h8H,4-7H2,1-3H3. The van der Waals surface area contributed by atoms with E-state index in [9.17, 15) is 4.79 Å². The first-order chi connectivity index (χ1) is 5.70. The lowest BCUT2D eigenvalue weighted by atomic mass is 10.3. The number of ether oxygens (including phenoxy) is 2. The lowest BCUT2D eigenvalue weighted by Gasteiger charge is -2.11. The van der Waals surface area contributed by atoms with Gasteiger partial charge in [-0.3, -0.25) is 4.79 Å². The predicted octanol–water partition coefficient (Wildman–Crippen LogP) is 1.41. The largest absolute Gasteiger partial charge is 0.379 e. The maximum atomic E-state index is 10.8. The van der Waals surface area contributed by atoms with Crippen LogP contribution in [-0.4, -0.2) is 31.7 Å². The van der Waals surface area contributed by atoms with Crippen molar-refractivity contribution in [2.45, 2.75) is 33.3 Å². The Balaban J connectivity index is 3.30. The summed E-state index contributed by atoms with van der Waals surface area (Å²) in [4.78, 5) is 10.8. The van der Waals surface area contributed by atoms with Crippen molar-refractivity contribution in [3.05, 3.63) is 0 Å². The van der Waals surface area contributed by atoms with E-state index in [1.807, 2.05) is 20.8 Å². The van der Waals surface area contributed by atoms with Gasteiger partial charge in [-0.05, 0) is 13.8 Å². The lowest BCUT2D eigenvalue weighted by molar-refractivity contribution is -0.126. The fraction of sp³-hybridized carbons (Fsp3) is 0.889. The van der Waals surface area contributed by atoms with Crippen molar-refractivity contribution in [3.63, 3.8) is 0 Å². The molecule has 0 N–H and O–H groups in total. The molecule has 0 aromatic rings. The first kappa shape index (κ1) is 11.6. The van der Waals surface area contributed by atoms with Gasteiger partial charge in [0, 0.05) is 13.0 Å². The number of hydrogen-bond donors (Lipinski definition) is 0. The second kappa shape index (κ2) is 7.25. The number of hydrogen-bond acceptors (Lipinski definition) is 3. The van der Waals surface area contributed by atoms with Crippen LogP contribution in [0.2, 0.25) is 0 Å². The highest BCUT2D eigenvalue weighted by atomic mass is 16.5. The zero-order valence-electron chi connectivity index (χ0n) is 8.13. The molecular weight excluding hydrogens is 156 g/mol. The van der Waals surface area contributed by atoms with Crippen LogP contribution < -0.4 is 0 Å². The minimum atomic E-state index is 0.0143. The molecule has 0 radical (unpaired) electrons. The maximum Gasteiger partial charge on any atom is 0.158 e. The van der Waals surface area contributed by atoms with E-state index in [1.165, 1.54) is 0 Å². The summed E-state index contributed by atoms with van der Waals surface area (Å²) >= 11 is 0. The topological polar surface area (TPSA) is 35.5 Å². The van der Waals surface area contributed by atoms with Crippen molar-refractivity contribution < 1.29 is 14.3 Å². The van der Waals surface area contributed by atoms with Crippen LogP contribution in [0.15, 0.2) is 0 Å². The summed E-state index contributed by atoms with van der Waals surface area (Å²) < 4.78 is 10.3. The molecule has 12 heavy (non-hydrogen) atoms. The summed E-state index contributed by atoms with van der Waals surface area (Å²) in [5, 5.41) is 0. The Hall–Kier alpha value is -0.410. The smallest absolute Gasteiger partial charge is 0.158 e. The zero-order valence-corrected chi connectivity index (χ0v) is 8.13. The molecule has 0 aromatic carbocycles.